The maximum absolute atomic E-state index is 8.94. The highest BCUT2D eigenvalue weighted by Crippen LogP contribution is 2.38. The van der Waals surface area contributed by atoms with Crippen LogP contribution in [0.5, 0.6) is 0 Å². The van der Waals surface area contributed by atoms with Crippen LogP contribution in [0, 0.1) is 16.7 Å². The molecule has 4 heteroatoms. The number of thiol groups is 1. The summed E-state index contributed by atoms with van der Waals surface area (Å²) in [5, 5.41) is 8.94. The molecule has 86 valence electrons. The number of hydrogen-bond acceptors (Lipinski definition) is 3. The first-order valence-electron chi connectivity index (χ1n) is 5.82. The van der Waals surface area contributed by atoms with Gasteiger partial charge in [0.1, 0.15) is 6.07 Å². The van der Waals surface area contributed by atoms with Crippen LogP contribution in [0.2, 0.25) is 0 Å². The summed E-state index contributed by atoms with van der Waals surface area (Å²) in [6.07, 6.45) is 9.96. The topological polar surface area (TPSA) is 41.6 Å². The van der Waals surface area contributed by atoms with Crippen LogP contribution in [0.1, 0.15) is 37.9 Å². The van der Waals surface area contributed by atoms with Gasteiger partial charge in [-0.1, -0.05) is 19.3 Å². The maximum atomic E-state index is 8.94. The normalized spacial score (nSPS) is 19.2. The molecule has 0 atom stereocenters. The van der Waals surface area contributed by atoms with Crippen molar-refractivity contribution in [1.82, 2.24) is 9.55 Å². The van der Waals surface area contributed by atoms with Crippen molar-refractivity contribution in [2.45, 2.75) is 38.6 Å². The van der Waals surface area contributed by atoms with Gasteiger partial charge in [-0.05, 0) is 24.0 Å². The zero-order valence-electron chi connectivity index (χ0n) is 9.39. The molecule has 1 aromatic rings. The lowest BCUT2D eigenvalue weighted by Gasteiger charge is -2.36. The third-order valence-corrected chi connectivity index (χ3v) is 4.24. The molecule has 1 aliphatic rings. The lowest BCUT2D eigenvalue weighted by atomic mass is 9.75. The molecule has 0 spiro atoms. The number of hydrogen-bond donors (Lipinski definition) is 1. The molecule has 0 N–H and O–H groups in total. The summed E-state index contributed by atoms with van der Waals surface area (Å²) in [7, 11) is 0. The maximum Gasteiger partial charge on any atom is 0.212 e. The van der Waals surface area contributed by atoms with E-state index in [9.17, 15) is 0 Å². The van der Waals surface area contributed by atoms with Crippen molar-refractivity contribution in [3.05, 3.63) is 18.2 Å². The van der Waals surface area contributed by atoms with Crippen LogP contribution in [0.3, 0.4) is 0 Å². The second-order valence-corrected chi connectivity index (χ2v) is 5.03. The zero-order chi connectivity index (χ0) is 11.4. The Labute approximate surface area is 102 Å². The van der Waals surface area contributed by atoms with Gasteiger partial charge in [0, 0.05) is 18.9 Å². The third-order valence-electron chi connectivity index (χ3n) is 3.57. The fourth-order valence-electron chi connectivity index (χ4n) is 2.58. The molecule has 1 heterocycles. The van der Waals surface area contributed by atoms with Gasteiger partial charge in [0.2, 0.25) is 5.82 Å². The largest absolute Gasteiger partial charge is 0.322 e. The molecule has 2 rings (SSSR count). The molecular formula is C12H17N3S. The van der Waals surface area contributed by atoms with Gasteiger partial charge in [-0.25, -0.2) is 4.98 Å². The van der Waals surface area contributed by atoms with Crippen molar-refractivity contribution in [3.8, 4) is 6.07 Å². The minimum Gasteiger partial charge on any atom is -0.322 e. The van der Waals surface area contributed by atoms with E-state index in [2.05, 4.69) is 23.7 Å². The van der Waals surface area contributed by atoms with E-state index in [1.165, 1.54) is 32.1 Å². The zero-order valence-corrected chi connectivity index (χ0v) is 10.3. The monoisotopic (exact) mass is 235 g/mol. The SMILES string of the molecule is N#Cc1nccn1CC1(CS)CCCCC1. The van der Waals surface area contributed by atoms with E-state index in [1.807, 2.05) is 10.8 Å². The number of imidazole rings is 1. The second-order valence-electron chi connectivity index (χ2n) is 4.71. The Hall–Kier alpha value is -0.950. The fourth-order valence-corrected chi connectivity index (χ4v) is 3.00. The smallest absolute Gasteiger partial charge is 0.212 e. The highest BCUT2D eigenvalue weighted by Gasteiger charge is 2.31. The van der Waals surface area contributed by atoms with Crippen LogP contribution in [0.25, 0.3) is 0 Å². The Balaban J connectivity index is 2.15. The van der Waals surface area contributed by atoms with Crippen molar-refractivity contribution in [2.75, 3.05) is 5.75 Å². The Morgan fingerprint density at radius 3 is 2.81 bits per heavy atom. The molecule has 16 heavy (non-hydrogen) atoms. The molecule has 0 aromatic carbocycles. The van der Waals surface area contributed by atoms with Gasteiger partial charge in [0.15, 0.2) is 0 Å². The van der Waals surface area contributed by atoms with Gasteiger partial charge < -0.3 is 4.57 Å². The van der Waals surface area contributed by atoms with Gasteiger partial charge in [-0.3, -0.25) is 0 Å². The highest BCUT2D eigenvalue weighted by molar-refractivity contribution is 7.80. The van der Waals surface area contributed by atoms with Crippen molar-refractivity contribution in [2.24, 2.45) is 5.41 Å². The average Bonchev–Trinajstić information content (AvgIpc) is 2.77. The third kappa shape index (κ3) is 2.25. The van der Waals surface area contributed by atoms with E-state index in [0.717, 1.165) is 12.3 Å². The van der Waals surface area contributed by atoms with Crippen LogP contribution < -0.4 is 0 Å². The van der Waals surface area contributed by atoms with Crippen molar-refractivity contribution in [1.29, 1.82) is 5.26 Å². The first kappa shape index (κ1) is 11.5. The predicted molar refractivity (Wildman–Crippen MR) is 66.3 cm³/mol. The first-order valence-corrected chi connectivity index (χ1v) is 6.45. The summed E-state index contributed by atoms with van der Waals surface area (Å²) in [6.45, 7) is 0.888. The number of rotatable bonds is 3. The second kappa shape index (κ2) is 4.92. The minimum absolute atomic E-state index is 0.271. The first-order chi connectivity index (χ1) is 7.79. The van der Waals surface area contributed by atoms with Crippen LogP contribution in [-0.4, -0.2) is 15.3 Å². The van der Waals surface area contributed by atoms with Crippen molar-refractivity contribution in [3.63, 3.8) is 0 Å². The Morgan fingerprint density at radius 2 is 2.19 bits per heavy atom. The minimum atomic E-state index is 0.271. The molecule has 0 amide bonds. The summed E-state index contributed by atoms with van der Waals surface area (Å²) in [6, 6.07) is 2.13. The molecule has 1 aliphatic carbocycles. The molecule has 0 aliphatic heterocycles. The summed E-state index contributed by atoms with van der Waals surface area (Å²) in [4.78, 5) is 4.04. The molecule has 0 unspecified atom stereocenters. The van der Waals surface area contributed by atoms with E-state index in [4.69, 9.17) is 5.26 Å². The van der Waals surface area contributed by atoms with Gasteiger partial charge in [-0.15, -0.1) is 0 Å². The molecule has 0 radical (unpaired) electrons. The van der Waals surface area contributed by atoms with Gasteiger partial charge in [0.25, 0.3) is 0 Å². The number of nitriles is 1. The van der Waals surface area contributed by atoms with Crippen LogP contribution in [-0.2, 0) is 6.54 Å². The molecule has 0 bridgehead atoms. The van der Waals surface area contributed by atoms with Crippen LogP contribution in [0.4, 0.5) is 0 Å². The van der Waals surface area contributed by atoms with Gasteiger partial charge in [0.05, 0.1) is 0 Å². The summed E-state index contributed by atoms with van der Waals surface area (Å²) >= 11 is 4.51. The van der Waals surface area contributed by atoms with Gasteiger partial charge >= 0.3 is 0 Å². The quantitative estimate of drug-likeness (QED) is 0.818. The van der Waals surface area contributed by atoms with Crippen molar-refractivity contribution < 1.29 is 0 Å². The average molecular weight is 235 g/mol. The lowest BCUT2D eigenvalue weighted by Crippen LogP contribution is -2.31. The Bertz CT molecular complexity index is 385. The molecule has 1 aromatic heterocycles. The molecular weight excluding hydrogens is 218 g/mol. The van der Waals surface area contributed by atoms with E-state index in [0.29, 0.717) is 5.82 Å². The standard InChI is InChI=1S/C12H17N3S/c13-8-11-14-6-7-15(11)9-12(10-16)4-2-1-3-5-12/h6-7,16H,1-5,9-10H2. The van der Waals surface area contributed by atoms with E-state index in [1.54, 1.807) is 6.20 Å². The van der Waals surface area contributed by atoms with E-state index < -0.39 is 0 Å². The number of nitrogens with zero attached hydrogens (tertiary/aromatic N) is 3. The summed E-state index contributed by atoms with van der Waals surface area (Å²) in [5.41, 5.74) is 0.271. The van der Waals surface area contributed by atoms with E-state index >= 15 is 0 Å². The predicted octanol–water partition coefficient (Wildman–Crippen LogP) is 2.64. The van der Waals surface area contributed by atoms with Crippen LogP contribution in [0.15, 0.2) is 12.4 Å². The Morgan fingerprint density at radius 1 is 1.44 bits per heavy atom. The summed E-state index contributed by atoms with van der Waals surface area (Å²) in [5.74, 6) is 1.42. The highest BCUT2D eigenvalue weighted by atomic mass is 32.1. The van der Waals surface area contributed by atoms with Gasteiger partial charge in [-0.2, -0.15) is 17.9 Å². The fraction of sp³-hybridized carbons (Fsp3) is 0.667. The van der Waals surface area contributed by atoms with Crippen LogP contribution >= 0.6 is 12.6 Å². The molecule has 1 fully saturated rings. The Kier molecular flexibility index (Phi) is 3.55. The number of aromatic nitrogens is 2. The molecule has 3 nitrogen and oxygen atoms in total. The summed E-state index contributed by atoms with van der Waals surface area (Å²) < 4.78 is 1.97. The molecule has 0 saturated heterocycles. The molecule has 1 saturated carbocycles. The van der Waals surface area contributed by atoms with Crippen molar-refractivity contribution >= 4 is 12.6 Å². The lowest BCUT2D eigenvalue weighted by molar-refractivity contribution is 0.189. The van der Waals surface area contributed by atoms with E-state index in [-0.39, 0.29) is 5.41 Å².